The SMILES string of the molecule is Cc1cc(C)c2c(c1)C(C)(C)c1cc(Cc3cc(-c4ccccc4)c4c(c3)C(C)(C)c3cccc(-c5ccccc5)c3N4B3c4ccccc4-n4c5ccccc5c5cccc3c54)cc(C)c1N2B1c2ccccc2-n2c3ccccc3c3cccc1c32. The van der Waals surface area contributed by atoms with E-state index in [1.165, 1.54) is 172 Å². The number of aryl methyl sites for hydroxylation is 3. The maximum Gasteiger partial charge on any atom is 0.332 e. The van der Waals surface area contributed by atoms with Crippen LogP contribution >= 0.6 is 0 Å². The predicted molar refractivity (Wildman–Crippen MR) is 374 cm³/mol. The molecule has 0 aliphatic carbocycles. The zero-order valence-electron chi connectivity index (χ0n) is 50.8. The molecule has 6 heteroatoms. The quantitative estimate of drug-likeness (QED) is 0.154. The summed E-state index contributed by atoms with van der Waals surface area (Å²) in [7, 11) is 0. The molecule has 0 bridgehead atoms. The summed E-state index contributed by atoms with van der Waals surface area (Å²) in [6.07, 6.45) is 0.765. The van der Waals surface area contributed by atoms with E-state index >= 15 is 0 Å². The van der Waals surface area contributed by atoms with Crippen molar-refractivity contribution in [1.29, 1.82) is 0 Å². The summed E-state index contributed by atoms with van der Waals surface area (Å²) in [6, 6.07) is 95.1. The van der Waals surface area contributed by atoms with Crippen molar-refractivity contribution in [2.24, 2.45) is 0 Å². The molecular formula is C82H64B2N4. The molecule has 418 valence electrons. The minimum Gasteiger partial charge on any atom is -0.376 e. The number of hydrogen-bond donors (Lipinski definition) is 0. The summed E-state index contributed by atoms with van der Waals surface area (Å²) in [6.45, 7) is 16.7. The number of rotatable bonds is 6. The molecular weight excluding hydrogens is 1060 g/mol. The molecule has 4 aliphatic heterocycles. The van der Waals surface area contributed by atoms with Gasteiger partial charge in [0.2, 0.25) is 0 Å². The Labute approximate surface area is 515 Å². The van der Waals surface area contributed by atoms with Crippen molar-refractivity contribution in [3.8, 4) is 33.6 Å². The molecule has 2 aromatic heterocycles. The molecule has 6 heterocycles. The normalized spacial score (nSPS) is 14.7. The molecule has 12 aromatic carbocycles. The van der Waals surface area contributed by atoms with Crippen molar-refractivity contribution >= 4 is 102 Å². The number of para-hydroxylation sites is 7. The smallest absolute Gasteiger partial charge is 0.332 e. The Hall–Kier alpha value is -10.0. The molecule has 0 amide bonds. The van der Waals surface area contributed by atoms with Gasteiger partial charge in [0.1, 0.15) is 0 Å². The van der Waals surface area contributed by atoms with Crippen LogP contribution in [0.2, 0.25) is 0 Å². The molecule has 0 saturated carbocycles. The highest BCUT2D eigenvalue weighted by molar-refractivity contribution is 6.93. The van der Waals surface area contributed by atoms with Crippen LogP contribution in [0.3, 0.4) is 0 Å². The molecule has 4 nitrogen and oxygen atoms in total. The van der Waals surface area contributed by atoms with Gasteiger partial charge in [-0.15, -0.1) is 0 Å². The van der Waals surface area contributed by atoms with E-state index in [-0.39, 0.29) is 19.1 Å². The second kappa shape index (κ2) is 18.5. The highest BCUT2D eigenvalue weighted by atomic mass is 15.1. The van der Waals surface area contributed by atoms with E-state index < -0.39 is 5.41 Å². The monoisotopic (exact) mass is 1130 g/mol. The van der Waals surface area contributed by atoms with Gasteiger partial charge in [-0.1, -0.05) is 252 Å². The Kier molecular flexibility index (Phi) is 10.8. The third kappa shape index (κ3) is 6.94. The number of benzene rings is 12. The maximum absolute atomic E-state index is 2.80. The summed E-state index contributed by atoms with van der Waals surface area (Å²) in [5, 5.41) is 5.15. The Morgan fingerprint density at radius 2 is 0.750 bits per heavy atom. The van der Waals surface area contributed by atoms with Crippen molar-refractivity contribution in [3.63, 3.8) is 0 Å². The molecule has 0 radical (unpaired) electrons. The first kappa shape index (κ1) is 51.2. The van der Waals surface area contributed by atoms with Crippen molar-refractivity contribution in [2.75, 3.05) is 9.62 Å². The van der Waals surface area contributed by atoms with Gasteiger partial charge in [0.15, 0.2) is 0 Å². The highest BCUT2D eigenvalue weighted by Crippen LogP contribution is 2.58. The minimum absolute atomic E-state index is 0.0766. The highest BCUT2D eigenvalue weighted by Gasteiger charge is 2.49. The van der Waals surface area contributed by atoms with Crippen LogP contribution in [0.5, 0.6) is 0 Å². The van der Waals surface area contributed by atoms with Crippen LogP contribution < -0.4 is 31.5 Å². The minimum atomic E-state index is -0.404. The third-order valence-corrected chi connectivity index (χ3v) is 20.7. The van der Waals surface area contributed by atoms with Gasteiger partial charge >= 0.3 is 13.7 Å². The van der Waals surface area contributed by atoms with Crippen LogP contribution in [0.15, 0.2) is 249 Å². The largest absolute Gasteiger partial charge is 0.376 e. The fraction of sp³-hybridized carbons (Fsp3) is 0.122. The fourth-order valence-electron chi connectivity index (χ4n) is 17.1. The van der Waals surface area contributed by atoms with E-state index in [0.29, 0.717) is 0 Å². The summed E-state index contributed by atoms with van der Waals surface area (Å²) in [5.74, 6) is 0. The average Bonchev–Trinajstić information content (AvgIpc) is 1.16. The van der Waals surface area contributed by atoms with Gasteiger partial charge < -0.3 is 18.8 Å². The van der Waals surface area contributed by atoms with Crippen LogP contribution in [0.4, 0.5) is 22.7 Å². The summed E-state index contributed by atoms with van der Waals surface area (Å²) in [4.78, 5) is 5.57. The van der Waals surface area contributed by atoms with Gasteiger partial charge in [0.05, 0.1) is 22.1 Å². The number of anilines is 4. The predicted octanol–water partition coefficient (Wildman–Crippen LogP) is 17.5. The molecule has 88 heavy (non-hydrogen) atoms. The number of nitrogens with zero attached hydrogens (tertiary/aromatic N) is 4. The van der Waals surface area contributed by atoms with Crippen molar-refractivity contribution < 1.29 is 0 Å². The number of aromatic nitrogens is 2. The first-order valence-electron chi connectivity index (χ1n) is 31.4. The first-order chi connectivity index (χ1) is 43.0. The molecule has 0 spiro atoms. The topological polar surface area (TPSA) is 16.3 Å². The molecule has 0 saturated heterocycles. The van der Waals surface area contributed by atoms with Crippen molar-refractivity contribution in [1.82, 2.24) is 9.13 Å². The van der Waals surface area contributed by atoms with Crippen molar-refractivity contribution in [3.05, 3.63) is 299 Å². The molecule has 14 aromatic rings. The molecule has 0 fully saturated rings. The lowest BCUT2D eigenvalue weighted by molar-refractivity contribution is 0.630. The fourth-order valence-corrected chi connectivity index (χ4v) is 17.1. The van der Waals surface area contributed by atoms with Crippen molar-refractivity contribution in [2.45, 2.75) is 65.7 Å². The third-order valence-electron chi connectivity index (χ3n) is 20.7. The Morgan fingerprint density at radius 1 is 0.330 bits per heavy atom. The van der Waals surface area contributed by atoms with Crippen LogP contribution in [-0.4, -0.2) is 22.8 Å². The van der Waals surface area contributed by atoms with E-state index in [4.69, 9.17) is 0 Å². The van der Waals surface area contributed by atoms with E-state index in [2.05, 4.69) is 316 Å². The average molecular weight is 1130 g/mol. The number of fused-ring (bicyclic) bond motifs is 14. The van der Waals surface area contributed by atoms with Gasteiger partial charge in [-0.05, 0) is 135 Å². The van der Waals surface area contributed by atoms with Gasteiger partial charge in [-0.2, -0.15) is 0 Å². The lowest BCUT2D eigenvalue weighted by Gasteiger charge is -2.48. The molecule has 0 unspecified atom stereocenters. The van der Waals surface area contributed by atoms with Gasteiger partial charge in [0.25, 0.3) is 0 Å². The van der Waals surface area contributed by atoms with E-state index in [1.54, 1.807) is 0 Å². The Bertz CT molecular complexity index is 5320. The van der Waals surface area contributed by atoms with Crippen LogP contribution in [0, 0.1) is 20.8 Å². The second-order valence-electron chi connectivity index (χ2n) is 26.5. The van der Waals surface area contributed by atoms with Gasteiger partial charge in [0, 0.05) is 77.6 Å². The van der Waals surface area contributed by atoms with Crippen LogP contribution in [0.25, 0.3) is 77.2 Å². The van der Waals surface area contributed by atoms with Gasteiger partial charge in [-0.25, -0.2) is 0 Å². The summed E-state index contributed by atoms with van der Waals surface area (Å²) in [5.41, 5.74) is 34.0. The molecule has 0 N–H and O–H groups in total. The van der Waals surface area contributed by atoms with Crippen LogP contribution in [0.1, 0.15) is 77.8 Å². The Balaban J connectivity index is 0.867. The van der Waals surface area contributed by atoms with Crippen LogP contribution in [-0.2, 0) is 17.3 Å². The second-order valence-corrected chi connectivity index (χ2v) is 26.5. The summed E-state index contributed by atoms with van der Waals surface area (Å²) < 4.78 is 5.08. The van der Waals surface area contributed by atoms with E-state index in [1.807, 2.05) is 0 Å². The van der Waals surface area contributed by atoms with Gasteiger partial charge in [-0.3, -0.25) is 0 Å². The molecule has 4 aliphatic rings. The zero-order valence-corrected chi connectivity index (χ0v) is 50.8. The summed E-state index contributed by atoms with van der Waals surface area (Å²) >= 11 is 0. The Morgan fingerprint density at radius 3 is 1.34 bits per heavy atom. The van der Waals surface area contributed by atoms with E-state index in [9.17, 15) is 0 Å². The molecule has 18 rings (SSSR count). The molecule has 0 atom stereocenters. The maximum atomic E-state index is 2.80. The number of hydrogen-bond acceptors (Lipinski definition) is 2. The zero-order chi connectivity index (χ0) is 59.1. The van der Waals surface area contributed by atoms with E-state index in [0.717, 1.165) is 6.42 Å². The standard InChI is InChI=1S/C82H64B2N4/c1-50-43-51(2)75-64(44-50)82(6,7)65-48-53(45-52(3)76(65)87(75)83-67-35-16-20-41-73(67)85-71-39-18-14-29-58(71)60-32-23-37-69(83)79(60)85)46-54-47-62(56-27-12-9-13-28-56)78-66(49-54)81(4,5)63-34-22-31-57(55-25-10-8-11-26-55)77(63)88(78)84-68-36-17-21-42-74(68)86-72-40-19-15-30-59(72)61-33-24-38-70(84)80(61)86/h8-45,47-49H,46H2,1-7H3. The first-order valence-corrected chi connectivity index (χ1v) is 31.4. The lowest BCUT2D eigenvalue weighted by Crippen LogP contribution is -2.60. The lowest BCUT2D eigenvalue weighted by atomic mass is 9.45.